The number of aryl methyl sites for hydroxylation is 1. The molecule has 1 unspecified atom stereocenters. The van der Waals surface area contributed by atoms with E-state index in [1.165, 1.54) is 0 Å². The van der Waals surface area contributed by atoms with Crippen LogP contribution in [0, 0.1) is 6.92 Å². The minimum absolute atomic E-state index is 0.129. The first-order valence-corrected chi connectivity index (χ1v) is 10.8. The van der Waals surface area contributed by atoms with Gasteiger partial charge in [0.05, 0.1) is 7.11 Å². The standard InChI is InChI=1S/C27H28N2O3/c1-19-8-4-5-10-22(19)17-28-26(31)27(2)16-21-9-6-7-11-24(21)25(30)29(27)18-20-12-14-23(32-3)15-13-20/h4-15H,16-18H2,1-3H3,(H,28,31). The van der Waals surface area contributed by atoms with E-state index < -0.39 is 5.54 Å². The zero-order valence-corrected chi connectivity index (χ0v) is 18.7. The first kappa shape index (κ1) is 21.6. The first-order chi connectivity index (χ1) is 15.4. The van der Waals surface area contributed by atoms with Gasteiger partial charge in [0.2, 0.25) is 5.91 Å². The van der Waals surface area contributed by atoms with Gasteiger partial charge in [0.15, 0.2) is 0 Å². The van der Waals surface area contributed by atoms with Gasteiger partial charge in [-0.1, -0.05) is 54.6 Å². The number of carbonyl (C=O) groups is 2. The van der Waals surface area contributed by atoms with E-state index in [2.05, 4.69) is 5.32 Å². The number of hydrogen-bond acceptors (Lipinski definition) is 3. The fourth-order valence-corrected chi connectivity index (χ4v) is 4.26. The maximum absolute atomic E-state index is 13.5. The van der Waals surface area contributed by atoms with Gasteiger partial charge < -0.3 is 15.0 Å². The quantitative estimate of drug-likeness (QED) is 0.638. The highest BCUT2D eigenvalue weighted by Gasteiger charge is 2.46. The molecule has 32 heavy (non-hydrogen) atoms. The molecular formula is C27H28N2O3. The third-order valence-corrected chi connectivity index (χ3v) is 6.31. The predicted octanol–water partition coefficient (Wildman–Crippen LogP) is 4.28. The number of rotatable bonds is 6. The van der Waals surface area contributed by atoms with Crippen LogP contribution >= 0.6 is 0 Å². The second-order valence-electron chi connectivity index (χ2n) is 8.46. The van der Waals surface area contributed by atoms with Crippen LogP contribution in [-0.2, 0) is 24.3 Å². The third-order valence-electron chi connectivity index (χ3n) is 6.31. The number of benzene rings is 3. The average Bonchev–Trinajstić information content (AvgIpc) is 2.81. The average molecular weight is 429 g/mol. The van der Waals surface area contributed by atoms with Gasteiger partial charge in [-0.3, -0.25) is 9.59 Å². The first-order valence-electron chi connectivity index (χ1n) is 10.8. The highest BCUT2D eigenvalue weighted by molar-refractivity contribution is 6.02. The summed E-state index contributed by atoms with van der Waals surface area (Å²) in [7, 11) is 1.62. The Morgan fingerprint density at radius 3 is 2.44 bits per heavy atom. The molecule has 5 nitrogen and oxygen atoms in total. The van der Waals surface area contributed by atoms with Crippen molar-refractivity contribution in [1.82, 2.24) is 10.2 Å². The second kappa shape index (κ2) is 8.87. The number of hydrogen-bond donors (Lipinski definition) is 1. The Kier molecular flexibility index (Phi) is 5.99. The Balaban J connectivity index is 1.64. The fraction of sp³-hybridized carbons (Fsp3) is 0.259. The number of ether oxygens (including phenoxy) is 1. The van der Waals surface area contributed by atoms with Crippen molar-refractivity contribution in [3.8, 4) is 5.75 Å². The Bertz CT molecular complexity index is 1140. The molecule has 1 atom stereocenters. The van der Waals surface area contributed by atoms with Crippen molar-refractivity contribution in [2.75, 3.05) is 7.11 Å². The predicted molar refractivity (Wildman–Crippen MR) is 124 cm³/mol. The van der Waals surface area contributed by atoms with Gasteiger partial charge in [0, 0.05) is 25.1 Å². The molecule has 1 N–H and O–H groups in total. The highest BCUT2D eigenvalue weighted by Crippen LogP contribution is 2.33. The van der Waals surface area contributed by atoms with E-state index in [1.54, 1.807) is 12.0 Å². The summed E-state index contributed by atoms with van der Waals surface area (Å²) in [5.41, 5.74) is 3.68. The molecule has 164 valence electrons. The molecule has 4 rings (SSSR count). The van der Waals surface area contributed by atoms with Crippen molar-refractivity contribution in [3.63, 3.8) is 0 Å². The molecule has 0 aliphatic carbocycles. The van der Waals surface area contributed by atoms with Crippen molar-refractivity contribution >= 4 is 11.8 Å². The minimum Gasteiger partial charge on any atom is -0.497 e. The number of fused-ring (bicyclic) bond motifs is 1. The number of methoxy groups -OCH3 is 1. The van der Waals surface area contributed by atoms with Gasteiger partial charge >= 0.3 is 0 Å². The molecule has 0 fully saturated rings. The lowest BCUT2D eigenvalue weighted by molar-refractivity contribution is -0.132. The topological polar surface area (TPSA) is 58.6 Å². The molecule has 0 saturated heterocycles. The van der Waals surface area contributed by atoms with Crippen LogP contribution in [-0.4, -0.2) is 29.4 Å². The molecule has 1 aliphatic rings. The van der Waals surface area contributed by atoms with Crippen LogP contribution in [0.2, 0.25) is 0 Å². The lowest BCUT2D eigenvalue weighted by Gasteiger charge is -2.44. The maximum Gasteiger partial charge on any atom is 0.255 e. The molecular weight excluding hydrogens is 400 g/mol. The van der Waals surface area contributed by atoms with Gasteiger partial charge in [0.25, 0.3) is 5.91 Å². The third kappa shape index (κ3) is 4.11. The van der Waals surface area contributed by atoms with Crippen molar-refractivity contribution < 1.29 is 14.3 Å². The maximum atomic E-state index is 13.5. The molecule has 2 amide bonds. The molecule has 1 aliphatic heterocycles. The summed E-state index contributed by atoms with van der Waals surface area (Å²) in [5, 5.41) is 3.08. The number of amides is 2. The second-order valence-corrected chi connectivity index (χ2v) is 8.46. The van der Waals surface area contributed by atoms with Crippen LogP contribution < -0.4 is 10.1 Å². The molecule has 0 bridgehead atoms. The van der Waals surface area contributed by atoms with E-state index in [9.17, 15) is 9.59 Å². The van der Waals surface area contributed by atoms with Crippen LogP contribution in [0.25, 0.3) is 0 Å². The van der Waals surface area contributed by atoms with Crippen molar-refractivity contribution in [1.29, 1.82) is 0 Å². The zero-order chi connectivity index (χ0) is 22.7. The van der Waals surface area contributed by atoms with Gasteiger partial charge in [0.1, 0.15) is 11.3 Å². The van der Waals surface area contributed by atoms with E-state index >= 15 is 0 Å². The van der Waals surface area contributed by atoms with Gasteiger partial charge in [-0.25, -0.2) is 0 Å². The van der Waals surface area contributed by atoms with Crippen LogP contribution in [0.1, 0.15) is 39.5 Å². The van der Waals surface area contributed by atoms with Crippen LogP contribution in [0.5, 0.6) is 5.75 Å². The molecule has 0 saturated carbocycles. The molecule has 5 heteroatoms. The minimum atomic E-state index is -1.01. The SMILES string of the molecule is COc1ccc(CN2C(=O)c3ccccc3CC2(C)C(=O)NCc2ccccc2C)cc1. The number of carbonyl (C=O) groups excluding carboxylic acids is 2. The van der Waals surface area contributed by atoms with Gasteiger partial charge in [-0.05, 0) is 54.3 Å². The highest BCUT2D eigenvalue weighted by atomic mass is 16.5. The Morgan fingerprint density at radius 2 is 1.72 bits per heavy atom. The van der Waals surface area contributed by atoms with Crippen LogP contribution in [0.3, 0.4) is 0 Å². The van der Waals surface area contributed by atoms with Gasteiger partial charge in [-0.2, -0.15) is 0 Å². The molecule has 0 spiro atoms. The van der Waals surface area contributed by atoms with Crippen LogP contribution in [0.15, 0.2) is 72.8 Å². The summed E-state index contributed by atoms with van der Waals surface area (Å²) in [6, 6.07) is 23.1. The van der Waals surface area contributed by atoms with E-state index in [1.807, 2.05) is 86.6 Å². The summed E-state index contributed by atoms with van der Waals surface area (Å²) in [6.45, 7) is 4.65. The zero-order valence-electron chi connectivity index (χ0n) is 18.7. The number of nitrogens with zero attached hydrogens (tertiary/aromatic N) is 1. The van der Waals surface area contributed by atoms with E-state index in [0.717, 1.165) is 28.0 Å². The Hall–Kier alpha value is -3.60. The monoisotopic (exact) mass is 428 g/mol. The summed E-state index contributed by atoms with van der Waals surface area (Å²) in [4.78, 5) is 28.7. The Labute approximate surface area is 189 Å². The normalized spacial score (nSPS) is 17.6. The van der Waals surface area contributed by atoms with E-state index in [4.69, 9.17) is 4.74 Å². The molecule has 3 aromatic carbocycles. The molecule has 0 aromatic heterocycles. The lowest BCUT2D eigenvalue weighted by Crippen LogP contribution is -2.62. The Morgan fingerprint density at radius 1 is 1.03 bits per heavy atom. The largest absolute Gasteiger partial charge is 0.497 e. The van der Waals surface area contributed by atoms with Crippen molar-refractivity contribution in [2.24, 2.45) is 0 Å². The summed E-state index contributed by atoms with van der Waals surface area (Å²) in [6.07, 6.45) is 0.463. The summed E-state index contributed by atoms with van der Waals surface area (Å²) in [5.74, 6) is 0.469. The molecule has 0 radical (unpaired) electrons. The summed E-state index contributed by atoms with van der Waals surface area (Å²) >= 11 is 0. The molecule has 3 aromatic rings. The van der Waals surface area contributed by atoms with Crippen molar-refractivity contribution in [2.45, 2.75) is 38.9 Å². The molecule has 1 heterocycles. The van der Waals surface area contributed by atoms with E-state index in [-0.39, 0.29) is 11.8 Å². The lowest BCUT2D eigenvalue weighted by atomic mass is 9.82. The van der Waals surface area contributed by atoms with Crippen molar-refractivity contribution in [3.05, 3.63) is 101 Å². The smallest absolute Gasteiger partial charge is 0.255 e. The fourth-order valence-electron chi connectivity index (χ4n) is 4.26. The summed E-state index contributed by atoms with van der Waals surface area (Å²) < 4.78 is 5.24. The van der Waals surface area contributed by atoms with Gasteiger partial charge in [-0.15, -0.1) is 0 Å². The van der Waals surface area contributed by atoms with Crippen LogP contribution in [0.4, 0.5) is 0 Å². The number of nitrogens with one attached hydrogen (secondary N) is 1. The van der Waals surface area contributed by atoms with E-state index in [0.29, 0.717) is 25.1 Å².